The fourth-order valence-corrected chi connectivity index (χ4v) is 6.71. The molecule has 2 N–H and O–H groups in total. The number of hydrogen-bond donors (Lipinski definition) is 2. The molecule has 1 saturated heterocycles. The summed E-state index contributed by atoms with van der Waals surface area (Å²) in [4.78, 5) is 40.9. The van der Waals surface area contributed by atoms with Crippen molar-refractivity contribution >= 4 is 17.6 Å². The molecule has 6 nitrogen and oxygen atoms in total. The van der Waals surface area contributed by atoms with Gasteiger partial charge in [0.05, 0.1) is 11.8 Å². The van der Waals surface area contributed by atoms with E-state index in [0.29, 0.717) is 18.7 Å². The Kier molecular flexibility index (Phi) is 6.61. The van der Waals surface area contributed by atoms with E-state index in [1.165, 1.54) is 25.9 Å². The number of nitrogens with zero attached hydrogens (tertiary/aromatic N) is 1. The number of unbranched alkanes of at least 4 members (excludes halogenated alkanes) is 1. The SMILES string of the molecule is CC(=O)c1cccc(CNC(=O)[C@H]2[C@H](C(=O)NCCCCN3CCCC3)[C@H]3C=C[C@@H]2C32CC2)c1. The van der Waals surface area contributed by atoms with Gasteiger partial charge in [-0.15, -0.1) is 0 Å². The molecule has 1 aromatic carbocycles. The number of allylic oxidation sites excluding steroid dienone is 2. The van der Waals surface area contributed by atoms with Gasteiger partial charge in [0.25, 0.3) is 0 Å². The van der Waals surface area contributed by atoms with E-state index in [-0.39, 0.29) is 46.7 Å². The Labute approximate surface area is 202 Å². The highest BCUT2D eigenvalue weighted by Gasteiger charge is 2.69. The van der Waals surface area contributed by atoms with Crippen molar-refractivity contribution < 1.29 is 14.4 Å². The number of amides is 2. The topological polar surface area (TPSA) is 78.5 Å². The largest absolute Gasteiger partial charge is 0.356 e. The number of hydrogen-bond acceptors (Lipinski definition) is 4. The number of rotatable bonds is 10. The van der Waals surface area contributed by atoms with Crippen LogP contribution in [-0.4, -0.2) is 48.7 Å². The molecule has 3 fully saturated rings. The molecule has 2 bridgehead atoms. The molecule has 2 saturated carbocycles. The predicted octanol–water partition coefficient (Wildman–Crippen LogP) is 3.33. The summed E-state index contributed by atoms with van der Waals surface area (Å²) < 4.78 is 0. The van der Waals surface area contributed by atoms with E-state index >= 15 is 0 Å². The molecule has 1 aliphatic heterocycles. The summed E-state index contributed by atoms with van der Waals surface area (Å²) in [6.07, 6.45) is 11.3. The van der Waals surface area contributed by atoms with Crippen molar-refractivity contribution in [3.05, 3.63) is 47.5 Å². The van der Waals surface area contributed by atoms with Gasteiger partial charge in [-0.2, -0.15) is 0 Å². The lowest BCUT2D eigenvalue weighted by Crippen LogP contribution is -2.44. The number of benzene rings is 1. The van der Waals surface area contributed by atoms with Gasteiger partial charge in [-0.1, -0.05) is 30.4 Å². The second-order valence-corrected chi connectivity index (χ2v) is 10.7. The molecule has 3 aliphatic carbocycles. The normalized spacial score (nSPS) is 28.4. The molecule has 182 valence electrons. The first-order valence-electron chi connectivity index (χ1n) is 13.1. The van der Waals surface area contributed by atoms with Gasteiger partial charge in [-0.3, -0.25) is 14.4 Å². The number of ketones is 1. The van der Waals surface area contributed by atoms with E-state index in [2.05, 4.69) is 27.7 Å². The van der Waals surface area contributed by atoms with Crippen LogP contribution in [0.3, 0.4) is 0 Å². The lowest BCUT2D eigenvalue weighted by Gasteiger charge is -2.26. The summed E-state index contributed by atoms with van der Waals surface area (Å²) >= 11 is 0. The Balaban J connectivity index is 1.18. The fraction of sp³-hybridized carbons (Fsp3) is 0.607. The molecular weight excluding hydrogens is 426 g/mol. The zero-order chi connectivity index (χ0) is 23.7. The Hall–Kier alpha value is -2.47. The van der Waals surface area contributed by atoms with E-state index in [1.807, 2.05) is 18.2 Å². The van der Waals surface area contributed by atoms with Gasteiger partial charge in [0.15, 0.2) is 5.78 Å². The van der Waals surface area contributed by atoms with Crippen LogP contribution >= 0.6 is 0 Å². The second-order valence-electron chi connectivity index (χ2n) is 10.7. The monoisotopic (exact) mass is 463 g/mol. The number of carbonyl (C=O) groups excluding carboxylic acids is 3. The van der Waals surface area contributed by atoms with E-state index in [4.69, 9.17) is 0 Å². The molecule has 0 radical (unpaired) electrons. The minimum atomic E-state index is -0.307. The molecule has 0 unspecified atom stereocenters. The fourth-order valence-electron chi connectivity index (χ4n) is 6.71. The molecule has 2 amide bonds. The molecule has 4 aliphatic rings. The zero-order valence-electron chi connectivity index (χ0n) is 20.2. The number of carbonyl (C=O) groups is 3. The van der Waals surface area contributed by atoms with Crippen LogP contribution in [0.1, 0.15) is 61.4 Å². The second kappa shape index (κ2) is 9.65. The first kappa shape index (κ1) is 23.3. The average molecular weight is 464 g/mol. The van der Waals surface area contributed by atoms with Gasteiger partial charge >= 0.3 is 0 Å². The Morgan fingerprint density at radius 1 is 0.971 bits per heavy atom. The van der Waals surface area contributed by atoms with E-state index in [0.717, 1.165) is 37.8 Å². The van der Waals surface area contributed by atoms with Crippen molar-refractivity contribution in [1.82, 2.24) is 15.5 Å². The maximum absolute atomic E-state index is 13.4. The third-order valence-electron chi connectivity index (χ3n) is 8.65. The van der Waals surface area contributed by atoms with E-state index in [1.54, 1.807) is 13.0 Å². The standard InChI is InChI=1S/C28H37N3O3/c1-19(32)21-8-6-7-20(17-21)18-30-27(34)25-23-10-9-22(28(23)11-12-28)24(25)26(33)29-13-2-3-14-31-15-4-5-16-31/h6-10,17,22-25H,2-5,11-16,18H2,1H3,(H,29,33)(H,30,34)/t22-,23+,24-,25-/m1/s1. The van der Waals surface area contributed by atoms with Gasteiger partial charge in [-0.25, -0.2) is 0 Å². The molecule has 34 heavy (non-hydrogen) atoms. The van der Waals surface area contributed by atoms with Gasteiger partial charge in [0, 0.05) is 18.7 Å². The molecule has 0 aromatic heterocycles. The van der Waals surface area contributed by atoms with Crippen molar-refractivity contribution in [3.8, 4) is 0 Å². The van der Waals surface area contributed by atoms with Crippen molar-refractivity contribution in [2.75, 3.05) is 26.2 Å². The third kappa shape index (κ3) is 4.45. The minimum absolute atomic E-state index is 0.0132. The first-order chi connectivity index (χ1) is 16.5. The Bertz CT molecular complexity index is 977. The number of Topliss-reactive ketones (excluding diaryl/α,β-unsaturated/α-hetero) is 1. The smallest absolute Gasteiger partial charge is 0.224 e. The van der Waals surface area contributed by atoms with Crippen molar-refractivity contribution in [3.63, 3.8) is 0 Å². The van der Waals surface area contributed by atoms with Crippen LogP contribution in [0.2, 0.25) is 0 Å². The van der Waals surface area contributed by atoms with Crippen LogP contribution in [0.4, 0.5) is 0 Å². The van der Waals surface area contributed by atoms with Crippen molar-refractivity contribution in [2.24, 2.45) is 29.1 Å². The molecule has 6 heteroatoms. The maximum Gasteiger partial charge on any atom is 0.224 e. The molecule has 1 heterocycles. The van der Waals surface area contributed by atoms with Crippen LogP contribution in [0, 0.1) is 29.1 Å². The van der Waals surface area contributed by atoms with Crippen LogP contribution in [0.25, 0.3) is 0 Å². The van der Waals surface area contributed by atoms with Crippen LogP contribution in [0.5, 0.6) is 0 Å². The van der Waals surface area contributed by atoms with Gasteiger partial charge in [0.2, 0.25) is 11.8 Å². The zero-order valence-corrected chi connectivity index (χ0v) is 20.2. The summed E-state index contributed by atoms with van der Waals surface area (Å²) in [6, 6.07) is 7.38. The molecule has 1 aromatic rings. The highest BCUT2D eigenvalue weighted by atomic mass is 16.2. The Morgan fingerprint density at radius 3 is 2.29 bits per heavy atom. The van der Waals surface area contributed by atoms with Gasteiger partial charge < -0.3 is 15.5 Å². The lowest BCUT2D eigenvalue weighted by molar-refractivity contribution is -0.135. The van der Waals surface area contributed by atoms with Gasteiger partial charge in [-0.05, 0) is 94.0 Å². The van der Waals surface area contributed by atoms with Crippen LogP contribution < -0.4 is 10.6 Å². The third-order valence-corrected chi connectivity index (χ3v) is 8.65. The number of likely N-dealkylation sites (tertiary alicyclic amines) is 1. The van der Waals surface area contributed by atoms with Crippen LogP contribution in [0.15, 0.2) is 36.4 Å². The van der Waals surface area contributed by atoms with Gasteiger partial charge in [0.1, 0.15) is 0 Å². The first-order valence-corrected chi connectivity index (χ1v) is 13.1. The summed E-state index contributed by atoms with van der Waals surface area (Å²) in [5.41, 5.74) is 1.68. The predicted molar refractivity (Wildman–Crippen MR) is 131 cm³/mol. The summed E-state index contributed by atoms with van der Waals surface area (Å²) in [6.45, 7) is 6.14. The molecule has 4 atom stereocenters. The van der Waals surface area contributed by atoms with E-state index < -0.39 is 0 Å². The minimum Gasteiger partial charge on any atom is -0.356 e. The van der Waals surface area contributed by atoms with E-state index in [9.17, 15) is 14.4 Å². The van der Waals surface area contributed by atoms with Crippen molar-refractivity contribution in [2.45, 2.75) is 52.0 Å². The Morgan fingerprint density at radius 2 is 1.65 bits per heavy atom. The summed E-state index contributed by atoms with van der Waals surface area (Å²) in [7, 11) is 0. The average Bonchev–Trinajstić information content (AvgIpc) is 3.19. The molecular formula is C28H37N3O3. The summed E-state index contributed by atoms with van der Waals surface area (Å²) in [5.74, 6) is -0.226. The quantitative estimate of drug-likeness (QED) is 0.317. The van der Waals surface area contributed by atoms with Crippen LogP contribution in [-0.2, 0) is 16.1 Å². The number of nitrogens with one attached hydrogen (secondary N) is 2. The molecule has 1 spiro atoms. The lowest BCUT2D eigenvalue weighted by atomic mass is 9.81. The maximum atomic E-state index is 13.4. The highest BCUT2D eigenvalue weighted by Crippen LogP contribution is 2.72. The highest BCUT2D eigenvalue weighted by molar-refractivity contribution is 5.94. The summed E-state index contributed by atoms with van der Waals surface area (Å²) in [5, 5.41) is 6.25. The van der Waals surface area contributed by atoms with Crippen molar-refractivity contribution in [1.29, 1.82) is 0 Å². The molecule has 5 rings (SSSR count).